The first-order valence-electron chi connectivity index (χ1n) is 8.44. The molecule has 1 N–H and O–H groups in total. The lowest BCUT2D eigenvalue weighted by Gasteiger charge is -2.33. The normalized spacial score (nSPS) is 18.4. The summed E-state index contributed by atoms with van der Waals surface area (Å²) in [4.78, 5) is 1.63. The Hall–Kier alpha value is -1.42. The van der Waals surface area contributed by atoms with Gasteiger partial charge >= 0.3 is 0 Å². The number of hydrogen-bond acceptors (Lipinski definition) is 3. The molecule has 0 spiro atoms. The van der Waals surface area contributed by atoms with E-state index in [0.717, 1.165) is 27.2 Å². The van der Waals surface area contributed by atoms with E-state index in [1.54, 1.807) is 4.31 Å². The van der Waals surface area contributed by atoms with E-state index in [1.807, 2.05) is 41.5 Å². The van der Waals surface area contributed by atoms with Crippen LogP contribution in [0.4, 0.5) is 0 Å². The van der Waals surface area contributed by atoms with Gasteiger partial charge in [-0.15, -0.1) is 0 Å². The molecule has 0 amide bonds. The lowest BCUT2D eigenvalue weighted by atomic mass is 9.95. The minimum atomic E-state index is -3.50. The molecule has 1 fully saturated rings. The minimum Gasteiger partial charge on any atom is -0.319 e. The second-order valence-corrected chi connectivity index (χ2v) is 8.74. The summed E-state index contributed by atoms with van der Waals surface area (Å²) < 4.78 is 28.1. The van der Waals surface area contributed by atoms with Crippen LogP contribution in [0.3, 0.4) is 0 Å². The maximum Gasteiger partial charge on any atom is 0.244 e. The number of rotatable bonds is 3. The second-order valence-electron chi connectivity index (χ2n) is 6.87. The molecule has 1 saturated heterocycles. The Bertz CT molecular complexity index is 756. The SMILES string of the molecule is Cc1c(C)c(C)c(S(=O)(=O)N2CC[NH+]([C@@H](C)C#N)CC2)c(C)c1C. The molecular weight excluding hydrogens is 322 g/mol. The van der Waals surface area contributed by atoms with Gasteiger partial charge in [0.25, 0.3) is 0 Å². The number of nitriles is 1. The summed E-state index contributed by atoms with van der Waals surface area (Å²) in [6, 6.07) is 2.16. The fourth-order valence-electron chi connectivity index (χ4n) is 3.52. The van der Waals surface area contributed by atoms with E-state index < -0.39 is 10.0 Å². The number of sulfonamides is 1. The lowest BCUT2D eigenvalue weighted by Crippen LogP contribution is -3.17. The minimum absolute atomic E-state index is 0.0952. The van der Waals surface area contributed by atoms with Gasteiger partial charge in [-0.25, -0.2) is 8.42 Å². The molecule has 0 bridgehead atoms. The first kappa shape index (κ1) is 18.9. The van der Waals surface area contributed by atoms with Crippen molar-refractivity contribution in [2.75, 3.05) is 26.2 Å². The molecule has 1 atom stereocenters. The molecule has 0 unspecified atom stereocenters. The molecule has 5 nitrogen and oxygen atoms in total. The van der Waals surface area contributed by atoms with Crippen LogP contribution in [0.25, 0.3) is 0 Å². The average Bonchev–Trinajstić information content (AvgIpc) is 2.57. The van der Waals surface area contributed by atoms with Crippen molar-refractivity contribution in [3.05, 3.63) is 27.8 Å². The zero-order chi connectivity index (χ0) is 18.2. The van der Waals surface area contributed by atoms with Crippen molar-refractivity contribution < 1.29 is 13.3 Å². The van der Waals surface area contributed by atoms with E-state index in [0.29, 0.717) is 31.1 Å². The van der Waals surface area contributed by atoms with Crippen molar-refractivity contribution in [1.82, 2.24) is 4.31 Å². The second kappa shape index (κ2) is 6.83. The molecule has 0 aromatic heterocycles. The average molecular weight is 351 g/mol. The molecule has 24 heavy (non-hydrogen) atoms. The molecule has 0 aliphatic carbocycles. The molecule has 2 rings (SSSR count). The van der Waals surface area contributed by atoms with E-state index in [-0.39, 0.29) is 6.04 Å². The maximum atomic E-state index is 13.2. The van der Waals surface area contributed by atoms with Gasteiger partial charge in [0.05, 0.1) is 31.1 Å². The molecule has 1 aromatic carbocycles. The first-order valence-corrected chi connectivity index (χ1v) is 9.88. The Morgan fingerprint density at radius 3 is 1.79 bits per heavy atom. The highest BCUT2D eigenvalue weighted by molar-refractivity contribution is 7.89. The molecule has 0 saturated carbocycles. The molecule has 0 radical (unpaired) electrons. The van der Waals surface area contributed by atoms with Crippen LogP contribution in [0.1, 0.15) is 34.7 Å². The van der Waals surface area contributed by atoms with Crippen LogP contribution in [0.15, 0.2) is 4.90 Å². The molecular formula is C18H28N3O2S+. The van der Waals surface area contributed by atoms with E-state index in [1.165, 1.54) is 5.56 Å². The summed E-state index contributed by atoms with van der Waals surface area (Å²) in [5.41, 5.74) is 4.99. The standard InChI is InChI=1S/C18H27N3O2S/c1-12(11-19)20-7-9-21(10-8-20)24(22,23)18-16(5)14(3)13(2)15(4)17(18)6/h12H,7-10H2,1-6H3/p+1/t12-/m0/s1. The third-order valence-electron chi connectivity index (χ3n) is 5.70. The van der Waals surface area contributed by atoms with Gasteiger partial charge in [-0.3, -0.25) is 0 Å². The van der Waals surface area contributed by atoms with E-state index in [4.69, 9.17) is 5.26 Å². The molecule has 1 aromatic rings. The maximum absolute atomic E-state index is 13.2. The number of nitrogens with one attached hydrogen (secondary N) is 1. The summed E-state index contributed by atoms with van der Waals surface area (Å²) >= 11 is 0. The summed E-state index contributed by atoms with van der Waals surface area (Å²) in [5, 5.41) is 9.05. The third-order valence-corrected chi connectivity index (χ3v) is 7.87. The monoisotopic (exact) mass is 350 g/mol. The molecule has 1 aliphatic rings. The Balaban J connectivity index is 2.39. The van der Waals surface area contributed by atoms with Crippen LogP contribution in [0.2, 0.25) is 0 Å². The van der Waals surface area contributed by atoms with Crippen LogP contribution >= 0.6 is 0 Å². The van der Waals surface area contributed by atoms with Crippen LogP contribution < -0.4 is 4.90 Å². The van der Waals surface area contributed by atoms with Crippen molar-refractivity contribution in [2.45, 2.75) is 52.5 Å². The number of nitrogens with zero attached hydrogens (tertiary/aromatic N) is 2. The van der Waals surface area contributed by atoms with Crippen molar-refractivity contribution in [1.29, 1.82) is 5.26 Å². The summed E-state index contributed by atoms with van der Waals surface area (Å²) in [5.74, 6) is 0. The third kappa shape index (κ3) is 3.08. The van der Waals surface area contributed by atoms with E-state index >= 15 is 0 Å². The van der Waals surface area contributed by atoms with Gasteiger partial charge in [-0.2, -0.15) is 9.57 Å². The highest BCUT2D eigenvalue weighted by Crippen LogP contribution is 2.31. The van der Waals surface area contributed by atoms with Crippen molar-refractivity contribution >= 4 is 10.0 Å². The van der Waals surface area contributed by atoms with Gasteiger partial charge in [-0.1, -0.05) is 0 Å². The zero-order valence-electron chi connectivity index (χ0n) is 15.5. The van der Waals surface area contributed by atoms with Gasteiger partial charge in [-0.05, 0) is 62.4 Å². The van der Waals surface area contributed by atoms with Crippen LogP contribution in [-0.2, 0) is 10.0 Å². The predicted molar refractivity (Wildman–Crippen MR) is 94.7 cm³/mol. The number of benzene rings is 1. The van der Waals surface area contributed by atoms with Gasteiger partial charge in [0, 0.05) is 6.92 Å². The van der Waals surface area contributed by atoms with Gasteiger partial charge in [0.1, 0.15) is 6.07 Å². The Morgan fingerprint density at radius 2 is 1.38 bits per heavy atom. The summed E-state index contributed by atoms with van der Waals surface area (Å²) in [6.45, 7) is 14.0. The van der Waals surface area contributed by atoms with Crippen LogP contribution in [0, 0.1) is 45.9 Å². The smallest absolute Gasteiger partial charge is 0.244 e. The van der Waals surface area contributed by atoms with Crippen molar-refractivity contribution in [3.8, 4) is 6.07 Å². The quantitative estimate of drug-likeness (QED) is 0.885. The fourth-order valence-corrected chi connectivity index (χ4v) is 5.52. The zero-order valence-corrected chi connectivity index (χ0v) is 16.3. The highest BCUT2D eigenvalue weighted by Gasteiger charge is 2.34. The lowest BCUT2D eigenvalue weighted by molar-refractivity contribution is -0.918. The van der Waals surface area contributed by atoms with Crippen molar-refractivity contribution in [2.24, 2.45) is 0 Å². The predicted octanol–water partition coefficient (Wildman–Crippen LogP) is 1.03. The van der Waals surface area contributed by atoms with E-state index in [9.17, 15) is 8.42 Å². The summed E-state index contributed by atoms with van der Waals surface area (Å²) in [6.07, 6.45) is 0. The Labute approximate surface area is 145 Å². The topological polar surface area (TPSA) is 65.6 Å². The van der Waals surface area contributed by atoms with Crippen molar-refractivity contribution in [3.63, 3.8) is 0 Å². The van der Waals surface area contributed by atoms with Crippen LogP contribution in [-0.4, -0.2) is 44.9 Å². The Kier molecular flexibility index (Phi) is 5.38. The number of quaternary nitrogens is 1. The highest BCUT2D eigenvalue weighted by atomic mass is 32.2. The first-order chi connectivity index (χ1) is 11.1. The molecule has 132 valence electrons. The number of piperazine rings is 1. The van der Waals surface area contributed by atoms with Crippen LogP contribution in [0.5, 0.6) is 0 Å². The molecule has 1 aliphatic heterocycles. The van der Waals surface area contributed by atoms with E-state index in [2.05, 4.69) is 6.07 Å². The Morgan fingerprint density at radius 1 is 0.958 bits per heavy atom. The number of hydrogen-bond donors (Lipinski definition) is 1. The largest absolute Gasteiger partial charge is 0.319 e. The fraction of sp³-hybridized carbons (Fsp3) is 0.611. The molecule has 6 heteroatoms. The molecule has 1 heterocycles. The van der Waals surface area contributed by atoms with Gasteiger partial charge < -0.3 is 4.90 Å². The van der Waals surface area contributed by atoms with Gasteiger partial charge in [0.2, 0.25) is 10.0 Å². The van der Waals surface area contributed by atoms with Gasteiger partial charge in [0.15, 0.2) is 6.04 Å². The summed E-state index contributed by atoms with van der Waals surface area (Å²) in [7, 11) is -3.50.